The molecule has 1 aliphatic heterocycles. The van der Waals surface area contributed by atoms with Crippen LogP contribution in [0, 0.1) is 101 Å². The van der Waals surface area contributed by atoms with Crippen LogP contribution in [0.15, 0.2) is 0 Å². The van der Waals surface area contributed by atoms with Crippen molar-refractivity contribution in [1.29, 1.82) is 0 Å². The molecule has 0 N–H and O–H groups in total. The van der Waals surface area contributed by atoms with Gasteiger partial charge in [0, 0.05) is 7.11 Å². The van der Waals surface area contributed by atoms with Crippen molar-refractivity contribution >= 4 is 23.9 Å². The molecule has 256 valence electrons. The molecule has 6 aliphatic carbocycles. The highest BCUT2D eigenvalue weighted by atomic mass is 16.6. The van der Waals surface area contributed by atoms with Gasteiger partial charge < -0.3 is 18.9 Å². The minimum absolute atomic E-state index is 0.0809. The zero-order valence-corrected chi connectivity index (χ0v) is 29.1. The van der Waals surface area contributed by atoms with Crippen molar-refractivity contribution in [3.63, 3.8) is 0 Å². The normalized spacial score (nSPS) is 49.5. The number of methoxy groups -OCH3 is 2. The number of carbonyl (C=O) groups is 4. The SMILES string of the molecule is COC(=O)C1C(C)C2CC1C(C1C3CCC(C3)C1C1C(=O)OC(=O)C1C)C2C1C(C)C2CC(C(CC(=O)OC(C)(C)C)OC)C1C2. The first-order chi connectivity index (χ1) is 21.7. The minimum atomic E-state index is -0.533. The van der Waals surface area contributed by atoms with Crippen molar-refractivity contribution in [3.8, 4) is 0 Å². The number of ether oxygens (including phenoxy) is 4. The van der Waals surface area contributed by atoms with Gasteiger partial charge in [0.2, 0.25) is 0 Å². The second-order valence-electron chi connectivity index (χ2n) is 17.7. The van der Waals surface area contributed by atoms with Crippen LogP contribution in [0.4, 0.5) is 0 Å². The smallest absolute Gasteiger partial charge is 0.317 e. The quantitative estimate of drug-likeness (QED) is 0.182. The van der Waals surface area contributed by atoms with E-state index in [2.05, 4.69) is 13.8 Å². The summed E-state index contributed by atoms with van der Waals surface area (Å²) in [5.41, 5.74) is -0.533. The van der Waals surface area contributed by atoms with Crippen molar-refractivity contribution < 1.29 is 38.1 Å². The van der Waals surface area contributed by atoms with Gasteiger partial charge >= 0.3 is 23.9 Å². The molecule has 8 heteroatoms. The molecule has 0 aromatic heterocycles. The molecule has 1 heterocycles. The number of esters is 4. The molecule has 7 aliphatic rings. The number of cyclic esters (lactones) is 2. The molecule has 0 aromatic carbocycles. The molecule has 1 saturated heterocycles. The summed E-state index contributed by atoms with van der Waals surface area (Å²) in [6.45, 7) is 12.3. The average Bonchev–Trinajstić information content (AvgIpc) is 3.84. The van der Waals surface area contributed by atoms with E-state index in [1.165, 1.54) is 20.0 Å². The number of hydrogen-bond donors (Lipinski definition) is 0. The number of rotatable bonds is 8. The predicted molar refractivity (Wildman–Crippen MR) is 168 cm³/mol. The maximum atomic E-state index is 13.4. The van der Waals surface area contributed by atoms with E-state index in [1.807, 2.05) is 27.7 Å². The molecule has 18 atom stereocenters. The van der Waals surface area contributed by atoms with Gasteiger partial charge in [0.25, 0.3) is 0 Å². The molecular formula is C38H56O8. The van der Waals surface area contributed by atoms with Gasteiger partial charge in [0.05, 0.1) is 37.4 Å². The molecule has 8 nitrogen and oxygen atoms in total. The Morgan fingerprint density at radius 1 is 0.783 bits per heavy atom. The first-order valence-electron chi connectivity index (χ1n) is 18.3. The van der Waals surface area contributed by atoms with Crippen LogP contribution in [0.1, 0.15) is 86.5 Å². The summed E-state index contributed by atoms with van der Waals surface area (Å²) in [5, 5.41) is 0. The van der Waals surface area contributed by atoms with Crippen molar-refractivity contribution in [2.75, 3.05) is 14.2 Å². The van der Waals surface area contributed by atoms with Crippen LogP contribution in [0.5, 0.6) is 0 Å². The van der Waals surface area contributed by atoms with E-state index in [0.717, 1.165) is 25.7 Å². The highest BCUT2D eigenvalue weighted by Crippen LogP contribution is 2.73. The maximum absolute atomic E-state index is 13.4. The second-order valence-corrected chi connectivity index (χ2v) is 17.7. The van der Waals surface area contributed by atoms with Crippen molar-refractivity contribution in [3.05, 3.63) is 0 Å². The van der Waals surface area contributed by atoms with Gasteiger partial charge in [-0.25, -0.2) is 0 Å². The molecular weight excluding hydrogens is 584 g/mol. The lowest BCUT2D eigenvalue weighted by Crippen LogP contribution is -2.51. The average molecular weight is 641 g/mol. The molecule has 7 fully saturated rings. The van der Waals surface area contributed by atoms with Crippen molar-refractivity contribution in [2.45, 2.75) is 98.2 Å². The Kier molecular flexibility index (Phi) is 8.20. The molecule has 18 unspecified atom stereocenters. The molecule has 6 saturated carbocycles. The van der Waals surface area contributed by atoms with E-state index in [9.17, 15) is 19.2 Å². The summed E-state index contributed by atoms with van der Waals surface area (Å²) in [4.78, 5) is 52.4. The monoisotopic (exact) mass is 640 g/mol. The lowest BCUT2D eigenvalue weighted by atomic mass is 9.52. The molecule has 7 rings (SSSR count). The Labute approximate surface area is 274 Å². The van der Waals surface area contributed by atoms with E-state index in [-0.39, 0.29) is 66.0 Å². The molecule has 0 aromatic rings. The summed E-state index contributed by atoms with van der Waals surface area (Å²) in [6, 6.07) is 0. The van der Waals surface area contributed by atoms with Crippen LogP contribution < -0.4 is 0 Å². The third-order valence-electron chi connectivity index (χ3n) is 15.0. The van der Waals surface area contributed by atoms with Gasteiger partial charge in [0.1, 0.15) is 5.60 Å². The van der Waals surface area contributed by atoms with E-state index < -0.39 is 11.5 Å². The van der Waals surface area contributed by atoms with E-state index >= 15 is 0 Å². The second kappa shape index (κ2) is 11.6. The molecule has 6 bridgehead atoms. The lowest BCUT2D eigenvalue weighted by Gasteiger charge is -2.52. The maximum Gasteiger partial charge on any atom is 0.317 e. The van der Waals surface area contributed by atoms with Crippen molar-refractivity contribution in [1.82, 2.24) is 0 Å². The van der Waals surface area contributed by atoms with Crippen LogP contribution >= 0.6 is 0 Å². The zero-order valence-electron chi connectivity index (χ0n) is 29.1. The van der Waals surface area contributed by atoms with Gasteiger partial charge in [-0.1, -0.05) is 20.8 Å². The Morgan fingerprint density at radius 2 is 1.46 bits per heavy atom. The number of fused-ring (bicyclic) bond motifs is 6. The number of carbonyl (C=O) groups excluding carboxylic acids is 4. The summed E-state index contributed by atoms with van der Waals surface area (Å²) >= 11 is 0. The van der Waals surface area contributed by atoms with E-state index in [4.69, 9.17) is 18.9 Å². The topological polar surface area (TPSA) is 105 Å². The summed E-state index contributed by atoms with van der Waals surface area (Å²) in [6.07, 6.45) is 6.80. The van der Waals surface area contributed by atoms with Gasteiger partial charge in [-0.05, 0) is 142 Å². The molecule has 46 heavy (non-hydrogen) atoms. The third kappa shape index (κ3) is 4.91. The van der Waals surface area contributed by atoms with Gasteiger partial charge in [0.15, 0.2) is 0 Å². The fraction of sp³-hybridized carbons (Fsp3) is 0.895. The number of hydrogen-bond acceptors (Lipinski definition) is 8. The summed E-state index contributed by atoms with van der Waals surface area (Å²) in [7, 11) is 3.26. The van der Waals surface area contributed by atoms with Crippen LogP contribution in [0.25, 0.3) is 0 Å². The molecule has 0 spiro atoms. The highest BCUT2D eigenvalue weighted by Gasteiger charge is 2.70. The van der Waals surface area contributed by atoms with Crippen LogP contribution in [0.2, 0.25) is 0 Å². The predicted octanol–water partition coefficient (Wildman–Crippen LogP) is 5.95. The first kappa shape index (κ1) is 32.6. The standard InChI is InChI=1S/C38H56O8/c1-16-21-12-23(26(43-7)15-27(39)46-38(4,5)6)24(13-21)28(16)33-22-14-25(29(17(22)2)36(41)44-8)34(33)32-20-10-9-19(11-20)31(32)30-18(3)35(40)45-37(30)42/h16-26,28-34H,9-15H2,1-8H3. The first-order valence-corrected chi connectivity index (χ1v) is 18.3. The fourth-order valence-electron chi connectivity index (χ4n) is 13.7. The van der Waals surface area contributed by atoms with Crippen LogP contribution in [-0.2, 0) is 38.1 Å². The molecule has 0 amide bonds. The largest absolute Gasteiger partial charge is 0.469 e. The zero-order chi connectivity index (χ0) is 33.0. The fourth-order valence-corrected chi connectivity index (χ4v) is 13.7. The van der Waals surface area contributed by atoms with Gasteiger partial charge in [-0.3, -0.25) is 19.2 Å². The van der Waals surface area contributed by atoms with Gasteiger partial charge in [-0.2, -0.15) is 0 Å². The third-order valence-corrected chi connectivity index (χ3v) is 15.0. The Bertz CT molecular complexity index is 1250. The van der Waals surface area contributed by atoms with E-state index in [0.29, 0.717) is 65.1 Å². The Balaban J connectivity index is 1.24. The molecule has 0 radical (unpaired) electrons. The summed E-state index contributed by atoms with van der Waals surface area (Å²) < 4.78 is 22.6. The van der Waals surface area contributed by atoms with Crippen molar-refractivity contribution in [2.24, 2.45) is 101 Å². The van der Waals surface area contributed by atoms with Crippen LogP contribution in [0.3, 0.4) is 0 Å². The summed E-state index contributed by atoms with van der Waals surface area (Å²) in [5.74, 6) is 3.60. The Hall–Kier alpha value is -1.96. The Morgan fingerprint density at radius 3 is 2.04 bits per heavy atom. The highest BCUT2D eigenvalue weighted by molar-refractivity contribution is 5.96. The van der Waals surface area contributed by atoms with Gasteiger partial charge in [-0.15, -0.1) is 0 Å². The van der Waals surface area contributed by atoms with Crippen LogP contribution in [-0.4, -0.2) is 49.8 Å². The minimum Gasteiger partial charge on any atom is -0.469 e. The van der Waals surface area contributed by atoms with E-state index in [1.54, 1.807) is 7.11 Å². The lowest BCUT2D eigenvalue weighted by molar-refractivity contribution is -0.160.